The minimum Gasteiger partial charge on any atom is -0.299 e. The molecule has 0 spiro atoms. The van der Waals surface area contributed by atoms with Gasteiger partial charge >= 0.3 is 0 Å². The van der Waals surface area contributed by atoms with E-state index in [0.717, 1.165) is 0 Å². The van der Waals surface area contributed by atoms with Gasteiger partial charge in [-0.3, -0.25) is 5.01 Å². The minimum atomic E-state index is 0.239. The maximum absolute atomic E-state index is 3.99. The summed E-state index contributed by atoms with van der Waals surface area (Å²) in [6.07, 6.45) is 1.76. The van der Waals surface area contributed by atoms with Crippen LogP contribution in [0.2, 0.25) is 0 Å². The van der Waals surface area contributed by atoms with Crippen molar-refractivity contribution >= 4 is 28.9 Å². The number of hydrogen-bond acceptors (Lipinski definition) is 3. The van der Waals surface area contributed by atoms with Crippen molar-refractivity contribution in [2.75, 3.05) is 7.05 Å². The molecule has 0 saturated heterocycles. The highest BCUT2D eigenvalue weighted by Crippen LogP contribution is 2.01. The molecule has 40 valence electrons. The molecule has 0 aliphatic carbocycles. The van der Waals surface area contributed by atoms with E-state index >= 15 is 0 Å². The van der Waals surface area contributed by atoms with Gasteiger partial charge < -0.3 is 0 Å². The van der Waals surface area contributed by atoms with Crippen molar-refractivity contribution in [3.05, 3.63) is 0 Å². The lowest BCUT2D eigenvalue weighted by Gasteiger charge is -2.05. The van der Waals surface area contributed by atoms with Gasteiger partial charge in [0.25, 0.3) is 0 Å². The Morgan fingerprint density at radius 1 is 2.00 bits per heavy atom. The Balaban J connectivity index is 2.42. The largest absolute Gasteiger partial charge is 0.299 e. The third-order valence-electron chi connectivity index (χ3n) is 0.681. The molecule has 1 aliphatic heterocycles. The summed E-state index contributed by atoms with van der Waals surface area (Å²) >= 11 is 2.20. The number of nitrogens with one attached hydrogen (secondary N) is 1. The van der Waals surface area contributed by atoms with Crippen LogP contribution in [0.15, 0.2) is 4.99 Å². The van der Waals surface area contributed by atoms with Crippen molar-refractivity contribution in [1.29, 1.82) is 0 Å². The number of halogens is 1. The third kappa shape index (κ3) is 1.27. The first kappa shape index (κ1) is 5.30. The van der Waals surface area contributed by atoms with Crippen LogP contribution in [0.4, 0.5) is 0 Å². The number of rotatable bonds is 0. The van der Waals surface area contributed by atoms with E-state index in [-0.39, 0.29) is 4.17 Å². The summed E-state index contributed by atoms with van der Waals surface area (Å²) < 4.78 is 0.239. The van der Waals surface area contributed by atoms with E-state index in [0.29, 0.717) is 0 Å². The van der Waals surface area contributed by atoms with Gasteiger partial charge in [-0.1, -0.05) is 0 Å². The molecule has 0 saturated carbocycles. The SMILES string of the molecule is CN1C=N[C@H](I)N1. The molecule has 4 heteroatoms. The quantitative estimate of drug-likeness (QED) is 0.351. The number of hydrogen-bond donors (Lipinski definition) is 1. The first-order chi connectivity index (χ1) is 3.29. The second-order valence-corrected chi connectivity index (χ2v) is 2.52. The van der Waals surface area contributed by atoms with Crippen LogP contribution in [-0.4, -0.2) is 22.6 Å². The molecule has 0 fully saturated rings. The summed E-state index contributed by atoms with van der Waals surface area (Å²) in [4.78, 5) is 3.99. The maximum Gasteiger partial charge on any atom is 0.169 e. The smallest absolute Gasteiger partial charge is 0.169 e. The topological polar surface area (TPSA) is 27.6 Å². The van der Waals surface area contributed by atoms with E-state index in [1.165, 1.54) is 0 Å². The first-order valence-electron chi connectivity index (χ1n) is 1.95. The van der Waals surface area contributed by atoms with Gasteiger partial charge in [0.1, 0.15) is 6.34 Å². The van der Waals surface area contributed by atoms with Crippen molar-refractivity contribution < 1.29 is 0 Å². The van der Waals surface area contributed by atoms with Gasteiger partial charge in [-0.25, -0.2) is 10.4 Å². The third-order valence-corrected chi connectivity index (χ3v) is 1.28. The zero-order valence-electron chi connectivity index (χ0n) is 3.93. The molecule has 0 radical (unpaired) electrons. The lowest BCUT2D eigenvalue weighted by molar-refractivity contribution is 0.411. The van der Waals surface area contributed by atoms with E-state index in [1.807, 2.05) is 12.1 Å². The number of hydrazine groups is 1. The molecular formula is C3H6IN3. The molecule has 0 unspecified atom stereocenters. The molecule has 1 aliphatic rings. The molecule has 1 heterocycles. The Labute approximate surface area is 55.9 Å². The molecule has 0 amide bonds. The van der Waals surface area contributed by atoms with Crippen LogP contribution >= 0.6 is 22.6 Å². The second kappa shape index (κ2) is 1.95. The molecular weight excluding hydrogens is 205 g/mol. The Kier molecular flexibility index (Phi) is 1.48. The zero-order valence-corrected chi connectivity index (χ0v) is 6.08. The summed E-state index contributed by atoms with van der Waals surface area (Å²) in [5.41, 5.74) is 3.01. The summed E-state index contributed by atoms with van der Waals surface area (Å²) in [6.45, 7) is 0. The normalized spacial score (nSPS) is 29.4. The molecule has 3 nitrogen and oxygen atoms in total. The van der Waals surface area contributed by atoms with Gasteiger partial charge in [0.2, 0.25) is 0 Å². The van der Waals surface area contributed by atoms with Gasteiger partial charge in [0.05, 0.1) is 0 Å². The zero-order chi connectivity index (χ0) is 5.28. The van der Waals surface area contributed by atoms with E-state index < -0.39 is 0 Å². The predicted octanol–water partition coefficient (Wildman–Crippen LogP) is 0.183. The summed E-state index contributed by atoms with van der Waals surface area (Å²) in [5.74, 6) is 0. The number of alkyl halides is 1. The van der Waals surface area contributed by atoms with Crippen molar-refractivity contribution in [2.24, 2.45) is 4.99 Å². The van der Waals surface area contributed by atoms with Crippen LogP contribution in [0.1, 0.15) is 0 Å². The Hall–Kier alpha value is 0.160. The monoisotopic (exact) mass is 211 g/mol. The number of aliphatic imine (C=N–C) groups is 1. The van der Waals surface area contributed by atoms with Crippen molar-refractivity contribution in [1.82, 2.24) is 10.4 Å². The van der Waals surface area contributed by atoms with E-state index in [2.05, 4.69) is 33.0 Å². The summed E-state index contributed by atoms with van der Waals surface area (Å²) in [6, 6.07) is 0. The molecule has 1 N–H and O–H groups in total. The Morgan fingerprint density at radius 2 is 2.71 bits per heavy atom. The highest BCUT2D eigenvalue weighted by molar-refractivity contribution is 14.1. The number of nitrogens with zero attached hydrogens (tertiary/aromatic N) is 2. The fraction of sp³-hybridized carbons (Fsp3) is 0.667. The molecule has 1 rings (SSSR count). The van der Waals surface area contributed by atoms with Crippen LogP contribution in [0, 0.1) is 0 Å². The van der Waals surface area contributed by atoms with Crippen molar-refractivity contribution in [3.8, 4) is 0 Å². The molecule has 0 aromatic heterocycles. The van der Waals surface area contributed by atoms with Crippen LogP contribution < -0.4 is 5.43 Å². The van der Waals surface area contributed by atoms with Gasteiger partial charge in [-0.15, -0.1) is 0 Å². The first-order valence-corrected chi connectivity index (χ1v) is 3.20. The van der Waals surface area contributed by atoms with Gasteiger partial charge in [-0.2, -0.15) is 0 Å². The molecule has 0 aromatic carbocycles. The molecule has 1 atom stereocenters. The van der Waals surface area contributed by atoms with Crippen LogP contribution in [0.25, 0.3) is 0 Å². The van der Waals surface area contributed by atoms with E-state index in [1.54, 1.807) is 6.34 Å². The fourth-order valence-corrected chi connectivity index (χ4v) is 0.976. The van der Waals surface area contributed by atoms with Crippen molar-refractivity contribution in [2.45, 2.75) is 4.17 Å². The Morgan fingerprint density at radius 3 is 2.86 bits per heavy atom. The van der Waals surface area contributed by atoms with Crippen LogP contribution in [0.3, 0.4) is 0 Å². The van der Waals surface area contributed by atoms with E-state index in [4.69, 9.17) is 0 Å². The van der Waals surface area contributed by atoms with E-state index in [9.17, 15) is 0 Å². The average Bonchev–Trinajstić information content (AvgIpc) is 1.87. The summed E-state index contributed by atoms with van der Waals surface area (Å²) in [7, 11) is 1.92. The minimum absolute atomic E-state index is 0.239. The molecule has 0 aromatic rings. The van der Waals surface area contributed by atoms with Crippen LogP contribution in [0.5, 0.6) is 0 Å². The molecule has 7 heavy (non-hydrogen) atoms. The lowest BCUT2D eigenvalue weighted by Crippen LogP contribution is -2.30. The highest BCUT2D eigenvalue weighted by atomic mass is 127. The van der Waals surface area contributed by atoms with Gasteiger partial charge in [0, 0.05) is 7.05 Å². The predicted molar refractivity (Wildman–Crippen MR) is 37.2 cm³/mol. The standard InChI is InChI=1S/C3H6IN3/c1-7-2-5-3(4)6-7/h2-3,6H,1H3/t3-/m0/s1. The Bertz CT molecular complexity index is 82.2. The van der Waals surface area contributed by atoms with Gasteiger partial charge in [0.15, 0.2) is 4.17 Å². The van der Waals surface area contributed by atoms with Gasteiger partial charge in [-0.05, 0) is 22.6 Å². The fourth-order valence-electron chi connectivity index (χ4n) is 0.393. The average molecular weight is 211 g/mol. The highest BCUT2D eigenvalue weighted by Gasteiger charge is 2.05. The second-order valence-electron chi connectivity index (χ2n) is 1.34. The lowest BCUT2D eigenvalue weighted by atomic mass is 11.1. The maximum atomic E-state index is 3.99. The van der Waals surface area contributed by atoms with Crippen molar-refractivity contribution in [3.63, 3.8) is 0 Å². The summed E-state index contributed by atoms with van der Waals surface area (Å²) in [5, 5.41) is 1.83. The van der Waals surface area contributed by atoms with Crippen LogP contribution in [-0.2, 0) is 0 Å². The molecule has 0 bridgehead atoms.